The average molecular weight is 315 g/mol. The number of nitrogens with zero attached hydrogens (tertiary/aromatic N) is 3. The van der Waals surface area contributed by atoms with Crippen LogP contribution in [0.4, 0.5) is 0 Å². The highest BCUT2D eigenvalue weighted by molar-refractivity contribution is 14.1. The summed E-state index contributed by atoms with van der Waals surface area (Å²) in [6, 6.07) is 2.14. The van der Waals surface area contributed by atoms with Gasteiger partial charge in [-0.3, -0.25) is 7.76 Å². The lowest BCUT2D eigenvalue weighted by atomic mass is 10.1. The molecule has 0 aliphatic carbocycles. The Morgan fingerprint density at radius 3 is 2.80 bits per heavy atom. The van der Waals surface area contributed by atoms with Crippen molar-refractivity contribution < 1.29 is 0 Å². The van der Waals surface area contributed by atoms with Crippen LogP contribution in [-0.4, -0.2) is 12.7 Å². The van der Waals surface area contributed by atoms with Gasteiger partial charge >= 0.3 is 0 Å². The fourth-order valence-corrected chi connectivity index (χ4v) is 2.11. The van der Waals surface area contributed by atoms with Crippen molar-refractivity contribution in [2.45, 2.75) is 33.1 Å². The Hall–Kier alpha value is -0.650. The van der Waals surface area contributed by atoms with E-state index in [2.05, 4.69) is 59.7 Å². The zero-order valence-corrected chi connectivity index (χ0v) is 11.3. The van der Waals surface area contributed by atoms with Crippen molar-refractivity contribution in [3.05, 3.63) is 23.8 Å². The Morgan fingerprint density at radius 1 is 1.47 bits per heavy atom. The minimum atomic E-state index is 0.464. The Bertz CT molecular complexity index is 488. The smallest absolute Gasteiger partial charge is 0.111 e. The molecule has 0 N–H and O–H groups in total. The third-order valence-electron chi connectivity index (χ3n) is 2.51. The van der Waals surface area contributed by atoms with Gasteiger partial charge in [0.1, 0.15) is 11.8 Å². The fourth-order valence-electron chi connectivity index (χ4n) is 1.61. The molecule has 2 aromatic heterocycles. The van der Waals surface area contributed by atoms with Gasteiger partial charge in [-0.2, -0.15) is 0 Å². The lowest BCUT2D eigenvalue weighted by Crippen LogP contribution is -1.98. The van der Waals surface area contributed by atoms with Crippen LogP contribution in [0, 0.1) is 0 Å². The first-order valence-corrected chi connectivity index (χ1v) is 6.13. The van der Waals surface area contributed by atoms with E-state index in [4.69, 9.17) is 0 Å². The topological polar surface area (TPSA) is 30.7 Å². The van der Waals surface area contributed by atoms with Gasteiger partial charge < -0.3 is 0 Å². The van der Waals surface area contributed by atoms with Crippen LogP contribution in [0.15, 0.2) is 12.4 Å². The second-order valence-electron chi connectivity index (χ2n) is 3.93. The molecule has 0 unspecified atom stereocenters. The normalized spacial score (nSPS) is 11.5. The summed E-state index contributed by atoms with van der Waals surface area (Å²) < 4.78 is 2.03. The molecule has 0 fully saturated rings. The second-order valence-corrected chi connectivity index (χ2v) is 4.97. The van der Waals surface area contributed by atoms with E-state index < -0.39 is 0 Å². The molecular formula is C11H14IN3. The third-order valence-corrected chi connectivity index (χ3v) is 3.28. The molecule has 2 heterocycles. The van der Waals surface area contributed by atoms with E-state index in [9.17, 15) is 0 Å². The number of aromatic nitrogens is 3. The van der Waals surface area contributed by atoms with Crippen molar-refractivity contribution in [2.75, 3.05) is 0 Å². The number of rotatable bonds is 2. The van der Waals surface area contributed by atoms with Gasteiger partial charge in [0.2, 0.25) is 0 Å². The molecule has 80 valence electrons. The molecule has 0 saturated carbocycles. The van der Waals surface area contributed by atoms with Crippen LogP contribution < -0.4 is 0 Å². The average Bonchev–Trinajstić information content (AvgIpc) is 2.59. The van der Waals surface area contributed by atoms with E-state index in [0.717, 1.165) is 23.3 Å². The predicted octanol–water partition coefficient (Wildman–Crippen LogP) is 3.32. The van der Waals surface area contributed by atoms with Crippen LogP contribution in [0.5, 0.6) is 0 Å². The van der Waals surface area contributed by atoms with E-state index in [1.807, 2.05) is 9.11 Å². The molecule has 0 amide bonds. The number of halogens is 1. The highest BCUT2D eigenvalue weighted by Gasteiger charge is 2.11. The highest BCUT2D eigenvalue weighted by Crippen LogP contribution is 2.23. The van der Waals surface area contributed by atoms with Crippen LogP contribution in [0.1, 0.15) is 38.1 Å². The van der Waals surface area contributed by atoms with E-state index >= 15 is 0 Å². The van der Waals surface area contributed by atoms with E-state index in [0.29, 0.717) is 5.92 Å². The lowest BCUT2D eigenvalue weighted by Gasteiger charge is -2.07. The summed E-state index contributed by atoms with van der Waals surface area (Å²) >= 11 is 2.25. The Labute approximate surface area is 103 Å². The molecule has 0 spiro atoms. The van der Waals surface area contributed by atoms with Gasteiger partial charge in [0.05, 0.1) is 34.1 Å². The summed E-state index contributed by atoms with van der Waals surface area (Å²) in [6.07, 6.45) is 2.78. The van der Waals surface area contributed by atoms with Gasteiger partial charge in [-0.1, -0.05) is 20.8 Å². The molecular weight excluding hydrogens is 301 g/mol. The number of hydrogen-bond donors (Lipinski definition) is 0. The molecule has 3 nitrogen and oxygen atoms in total. The van der Waals surface area contributed by atoms with Crippen LogP contribution >= 0.6 is 22.9 Å². The van der Waals surface area contributed by atoms with Crippen molar-refractivity contribution >= 4 is 33.9 Å². The second kappa shape index (κ2) is 4.08. The molecule has 0 aromatic carbocycles. The third kappa shape index (κ3) is 1.87. The largest absolute Gasteiger partial charge is 0.271 e. The van der Waals surface area contributed by atoms with Crippen molar-refractivity contribution in [1.82, 2.24) is 12.7 Å². The number of imidazole rings is 1. The molecule has 0 atom stereocenters. The van der Waals surface area contributed by atoms with Gasteiger partial charge in [0.25, 0.3) is 0 Å². The van der Waals surface area contributed by atoms with E-state index in [1.54, 1.807) is 0 Å². The zero-order chi connectivity index (χ0) is 11.0. The van der Waals surface area contributed by atoms with E-state index in [1.165, 1.54) is 5.52 Å². The van der Waals surface area contributed by atoms with Gasteiger partial charge in [-0.05, 0) is 18.4 Å². The first-order chi connectivity index (χ1) is 7.13. The van der Waals surface area contributed by atoms with Crippen molar-refractivity contribution in [3.63, 3.8) is 0 Å². The minimum Gasteiger partial charge on any atom is -0.271 e. The molecule has 4 heteroatoms. The monoisotopic (exact) mass is 315 g/mol. The molecule has 0 bridgehead atoms. The minimum absolute atomic E-state index is 0.464. The van der Waals surface area contributed by atoms with Gasteiger partial charge in [0, 0.05) is 5.69 Å². The van der Waals surface area contributed by atoms with Crippen LogP contribution in [0.25, 0.3) is 11.0 Å². The highest BCUT2D eigenvalue weighted by atomic mass is 127. The SMILES string of the molecule is CCc1nc(C(C)C)cc2c1ncn2I. The van der Waals surface area contributed by atoms with Crippen molar-refractivity contribution in [3.8, 4) is 0 Å². The van der Waals surface area contributed by atoms with Crippen molar-refractivity contribution in [2.24, 2.45) is 0 Å². The Kier molecular flexibility index (Phi) is 2.95. The van der Waals surface area contributed by atoms with Gasteiger partial charge in [-0.25, -0.2) is 4.98 Å². The van der Waals surface area contributed by atoms with Crippen LogP contribution in [0.2, 0.25) is 0 Å². The predicted molar refractivity (Wildman–Crippen MR) is 70.4 cm³/mol. The molecule has 15 heavy (non-hydrogen) atoms. The Morgan fingerprint density at radius 2 is 2.20 bits per heavy atom. The maximum Gasteiger partial charge on any atom is 0.111 e. The first-order valence-electron chi connectivity index (χ1n) is 5.16. The maximum absolute atomic E-state index is 4.65. The summed E-state index contributed by atoms with van der Waals surface area (Å²) in [5.74, 6) is 0.464. The van der Waals surface area contributed by atoms with Crippen molar-refractivity contribution in [1.29, 1.82) is 0 Å². The number of hydrogen-bond acceptors (Lipinski definition) is 2. The maximum atomic E-state index is 4.65. The molecule has 0 radical (unpaired) electrons. The number of pyridine rings is 1. The van der Waals surface area contributed by atoms with Crippen LogP contribution in [0.3, 0.4) is 0 Å². The summed E-state index contributed by atoms with van der Waals surface area (Å²) in [5, 5.41) is 0. The summed E-state index contributed by atoms with van der Waals surface area (Å²) in [7, 11) is 0. The standard InChI is InChI=1S/C11H14IN3/c1-4-8-11-10(15(12)6-13-11)5-9(14-8)7(2)3/h5-7H,4H2,1-3H3. The summed E-state index contributed by atoms with van der Waals surface area (Å²) in [6.45, 7) is 6.46. The summed E-state index contributed by atoms with van der Waals surface area (Å²) in [5.41, 5.74) is 4.46. The number of aryl methyl sites for hydroxylation is 1. The van der Waals surface area contributed by atoms with E-state index in [-0.39, 0.29) is 0 Å². The van der Waals surface area contributed by atoms with Gasteiger partial charge in [0.15, 0.2) is 0 Å². The summed E-state index contributed by atoms with van der Waals surface area (Å²) in [4.78, 5) is 9.04. The molecule has 2 rings (SSSR count). The zero-order valence-electron chi connectivity index (χ0n) is 9.16. The Balaban J connectivity index is 2.74. The number of fused-ring (bicyclic) bond motifs is 1. The van der Waals surface area contributed by atoms with Crippen LogP contribution in [-0.2, 0) is 6.42 Å². The molecule has 0 saturated heterocycles. The lowest BCUT2D eigenvalue weighted by molar-refractivity contribution is 0.811. The molecule has 0 aliphatic heterocycles. The first kappa shape index (κ1) is 10.9. The molecule has 2 aromatic rings. The molecule has 0 aliphatic rings. The fraction of sp³-hybridized carbons (Fsp3) is 0.455. The van der Waals surface area contributed by atoms with Gasteiger partial charge in [-0.15, -0.1) is 0 Å². The quantitative estimate of drug-likeness (QED) is 0.796.